The lowest BCUT2D eigenvalue weighted by atomic mass is 9.82. The van der Waals surface area contributed by atoms with Crippen LogP contribution in [0.1, 0.15) is 54.4 Å². The minimum atomic E-state index is 0.0206. The van der Waals surface area contributed by atoms with Crippen LogP contribution in [0.15, 0.2) is 0 Å². The molecule has 18 heavy (non-hydrogen) atoms. The molecule has 2 nitrogen and oxygen atoms in total. The van der Waals surface area contributed by atoms with Crippen molar-refractivity contribution in [1.82, 2.24) is 0 Å². The van der Waals surface area contributed by atoms with Crippen molar-refractivity contribution < 1.29 is 9.90 Å². The Morgan fingerprint density at radius 2 is 1.94 bits per heavy atom. The minimum absolute atomic E-state index is 0.0206. The number of aldehydes is 1. The quantitative estimate of drug-likeness (QED) is 0.842. The number of hydrogen-bond acceptors (Lipinski definition) is 2. The summed E-state index contributed by atoms with van der Waals surface area (Å²) in [6.07, 6.45) is 5.61. The van der Waals surface area contributed by atoms with Crippen LogP contribution in [0.2, 0.25) is 5.02 Å². The van der Waals surface area contributed by atoms with Gasteiger partial charge in [-0.2, -0.15) is 0 Å². The van der Waals surface area contributed by atoms with Gasteiger partial charge in [-0.05, 0) is 55.2 Å². The summed E-state index contributed by atoms with van der Waals surface area (Å²) < 4.78 is 0. The fourth-order valence-corrected chi connectivity index (χ4v) is 3.34. The van der Waals surface area contributed by atoms with Gasteiger partial charge in [0.25, 0.3) is 0 Å². The zero-order valence-electron chi connectivity index (χ0n) is 10.9. The third-order valence-corrected chi connectivity index (χ3v) is 4.40. The second-order valence-electron chi connectivity index (χ2n) is 5.17. The van der Waals surface area contributed by atoms with Crippen LogP contribution < -0.4 is 0 Å². The van der Waals surface area contributed by atoms with Gasteiger partial charge in [0.05, 0.1) is 5.02 Å². The van der Waals surface area contributed by atoms with Gasteiger partial charge in [-0.25, -0.2) is 0 Å². The van der Waals surface area contributed by atoms with Crippen LogP contribution in [0.5, 0.6) is 5.75 Å². The maximum Gasteiger partial charge on any atom is 0.138 e. The molecule has 1 aliphatic carbocycles. The number of rotatable bonds is 3. The van der Waals surface area contributed by atoms with Crippen molar-refractivity contribution in [3.05, 3.63) is 27.3 Å². The highest BCUT2D eigenvalue weighted by Gasteiger charge is 2.24. The molecule has 0 saturated carbocycles. The molecule has 1 aromatic carbocycles. The maximum atomic E-state index is 10.7. The molecule has 0 aliphatic heterocycles. The largest absolute Gasteiger partial charge is 0.506 e. The van der Waals surface area contributed by atoms with Crippen molar-refractivity contribution in [3.8, 4) is 5.75 Å². The predicted molar refractivity (Wildman–Crippen MR) is 73.6 cm³/mol. The van der Waals surface area contributed by atoms with E-state index >= 15 is 0 Å². The van der Waals surface area contributed by atoms with Crippen LogP contribution in [-0.2, 0) is 17.6 Å². The van der Waals surface area contributed by atoms with Crippen molar-refractivity contribution >= 4 is 17.9 Å². The monoisotopic (exact) mass is 266 g/mol. The molecule has 1 atom stereocenters. The Morgan fingerprint density at radius 3 is 2.56 bits per heavy atom. The lowest BCUT2D eigenvalue weighted by Crippen LogP contribution is -2.10. The van der Waals surface area contributed by atoms with Gasteiger partial charge in [-0.1, -0.05) is 18.5 Å². The molecule has 3 heteroatoms. The van der Waals surface area contributed by atoms with E-state index in [1.54, 1.807) is 0 Å². The van der Waals surface area contributed by atoms with E-state index in [9.17, 15) is 9.90 Å². The third kappa shape index (κ3) is 2.14. The smallest absolute Gasteiger partial charge is 0.138 e. The van der Waals surface area contributed by atoms with E-state index in [4.69, 9.17) is 11.6 Å². The molecule has 0 amide bonds. The van der Waals surface area contributed by atoms with E-state index in [0.29, 0.717) is 11.4 Å². The highest BCUT2D eigenvalue weighted by Crippen LogP contribution is 2.43. The van der Waals surface area contributed by atoms with Crippen molar-refractivity contribution in [3.63, 3.8) is 0 Å². The van der Waals surface area contributed by atoms with Crippen LogP contribution in [0.25, 0.3) is 0 Å². The topological polar surface area (TPSA) is 37.3 Å². The Balaban J connectivity index is 2.60. The van der Waals surface area contributed by atoms with Crippen LogP contribution in [0.4, 0.5) is 0 Å². The molecule has 1 aliphatic rings. The van der Waals surface area contributed by atoms with Crippen molar-refractivity contribution in [2.75, 3.05) is 0 Å². The van der Waals surface area contributed by atoms with E-state index in [-0.39, 0.29) is 11.7 Å². The first-order chi connectivity index (χ1) is 8.57. The number of carbonyl (C=O) groups is 1. The number of carbonyl (C=O) groups excluding carboxylic acids is 1. The molecule has 0 spiro atoms. The summed E-state index contributed by atoms with van der Waals surface area (Å²) in [4.78, 5) is 10.7. The van der Waals surface area contributed by atoms with E-state index in [2.05, 4.69) is 0 Å². The molecule has 2 rings (SSSR count). The standard InChI is InChI=1S/C15H19ClO2/c1-9(7-8-17)13-10(2)11-5-3-4-6-12(11)14(16)15(13)18/h8-9,18H,3-7H2,1-2H3. The first-order valence-electron chi connectivity index (χ1n) is 6.54. The SMILES string of the molecule is Cc1c2c(c(Cl)c(O)c1C(C)CC=O)CCCC2. The first kappa shape index (κ1) is 13.4. The average molecular weight is 267 g/mol. The van der Waals surface area contributed by atoms with E-state index < -0.39 is 0 Å². The molecule has 0 fully saturated rings. The molecule has 1 N–H and O–H groups in total. The maximum absolute atomic E-state index is 10.7. The Kier molecular flexibility index (Phi) is 3.96. The number of aromatic hydroxyl groups is 1. The van der Waals surface area contributed by atoms with Gasteiger partial charge in [0.15, 0.2) is 0 Å². The molecular weight excluding hydrogens is 248 g/mol. The van der Waals surface area contributed by atoms with E-state index in [1.165, 1.54) is 12.0 Å². The lowest BCUT2D eigenvalue weighted by Gasteiger charge is -2.25. The van der Waals surface area contributed by atoms with Gasteiger partial charge in [0, 0.05) is 12.0 Å². The fourth-order valence-electron chi connectivity index (χ4n) is 3.03. The summed E-state index contributed by atoms with van der Waals surface area (Å²) in [5, 5.41) is 10.8. The summed E-state index contributed by atoms with van der Waals surface area (Å²) in [6.45, 7) is 4.00. The number of phenolic OH excluding ortho intramolecular Hbond substituents is 1. The molecule has 98 valence electrons. The van der Waals surface area contributed by atoms with Crippen molar-refractivity contribution in [2.45, 2.75) is 51.9 Å². The second kappa shape index (κ2) is 5.31. The molecule has 0 bridgehead atoms. The van der Waals surface area contributed by atoms with Gasteiger partial charge in [0.1, 0.15) is 12.0 Å². The van der Waals surface area contributed by atoms with Crippen LogP contribution >= 0.6 is 11.6 Å². The Morgan fingerprint density at radius 1 is 1.33 bits per heavy atom. The Bertz CT molecular complexity index is 480. The van der Waals surface area contributed by atoms with Gasteiger partial charge in [0.2, 0.25) is 0 Å². The fraction of sp³-hybridized carbons (Fsp3) is 0.533. The average Bonchev–Trinajstić information content (AvgIpc) is 2.37. The number of fused-ring (bicyclic) bond motifs is 1. The van der Waals surface area contributed by atoms with Crippen molar-refractivity contribution in [1.29, 1.82) is 0 Å². The normalized spacial score (nSPS) is 16.2. The summed E-state index contributed by atoms with van der Waals surface area (Å²) in [5.74, 6) is 0.205. The summed E-state index contributed by atoms with van der Waals surface area (Å²) in [6, 6.07) is 0. The van der Waals surface area contributed by atoms with Crippen LogP contribution in [0.3, 0.4) is 0 Å². The zero-order chi connectivity index (χ0) is 13.3. The van der Waals surface area contributed by atoms with Gasteiger partial charge in [-0.3, -0.25) is 0 Å². The Labute approximate surface area is 113 Å². The van der Waals surface area contributed by atoms with E-state index in [0.717, 1.165) is 42.2 Å². The zero-order valence-corrected chi connectivity index (χ0v) is 11.7. The van der Waals surface area contributed by atoms with Gasteiger partial charge in [-0.15, -0.1) is 0 Å². The van der Waals surface area contributed by atoms with Crippen LogP contribution in [0, 0.1) is 6.92 Å². The van der Waals surface area contributed by atoms with Gasteiger partial charge >= 0.3 is 0 Å². The van der Waals surface area contributed by atoms with Gasteiger partial charge < -0.3 is 9.90 Å². The third-order valence-electron chi connectivity index (χ3n) is 4.00. The number of benzene rings is 1. The first-order valence-corrected chi connectivity index (χ1v) is 6.92. The second-order valence-corrected chi connectivity index (χ2v) is 5.55. The van der Waals surface area contributed by atoms with E-state index in [1.807, 2.05) is 13.8 Å². The van der Waals surface area contributed by atoms with Crippen molar-refractivity contribution in [2.24, 2.45) is 0 Å². The van der Waals surface area contributed by atoms with Crippen LogP contribution in [-0.4, -0.2) is 11.4 Å². The summed E-state index contributed by atoms with van der Waals surface area (Å²) in [5.41, 5.74) is 4.38. The number of halogens is 1. The number of phenols is 1. The minimum Gasteiger partial charge on any atom is -0.506 e. The molecule has 0 aromatic heterocycles. The summed E-state index contributed by atoms with van der Waals surface area (Å²) in [7, 11) is 0. The summed E-state index contributed by atoms with van der Waals surface area (Å²) >= 11 is 6.29. The molecule has 0 heterocycles. The molecule has 0 radical (unpaired) electrons. The molecule has 1 unspecified atom stereocenters. The highest BCUT2D eigenvalue weighted by atomic mass is 35.5. The molecular formula is C15H19ClO2. The number of hydrogen-bond donors (Lipinski definition) is 1. The predicted octanol–water partition coefficient (Wildman–Crippen LogP) is 3.93. The molecule has 0 saturated heterocycles. The Hall–Kier alpha value is -1.02. The highest BCUT2D eigenvalue weighted by molar-refractivity contribution is 6.33. The lowest BCUT2D eigenvalue weighted by molar-refractivity contribution is -0.108. The molecule has 1 aromatic rings.